The van der Waals surface area contributed by atoms with Gasteiger partial charge in [-0.15, -0.1) is 11.8 Å². The van der Waals surface area contributed by atoms with Crippen LogP contribution in [-0.4, -0.2) is 59.1 Å². The number of thioether (sulfide) groups is 1. The first-order valence-corrected chi connectivity index (χ1v) is 10.8. The maximum absolute atomic E-state index is 14.0. The molecule has 0 aliphatic carbocycles. The first-order chi connectivity index (χ1) is 14.6. The van der Waals surface area contributed by atoms with Crippen molar-refractivity contribution < 1.29 is 32.2 Å². The first kappa shape index (κ1) is 23.6. The van der Waals surface area contributed by atoms with Crippen LogP contribution in [0.25, 0.3) is 0 Å². The van der Waals surface area contributed by atoms with Gasteiger partial charge in [0.05, 0.1) is 29.4 Å². The second-order valence-corrected chi connectivity index (χ2v) is 8.56. The van der Waals surface area contributed by atoms with Gasteiger partial charge >= 0.3 is 12.1 Å². The quantitative estimate of drug-likeness (QED) is 0.639. The molecule has 1 unspecified atom stereocenters. The van der Waals surface area contributed by atoms with Gasteiger partial charge in [-0.05, 0) is 48.1 Å². The average Bonchev–Trinajstić information content (AvgIpc) is 2.69. The third kappa shape index (κ3) is 5.42. The molecule has 1 fully saturated rings. The van der Waals surface area contributed by atoms with Gasteiger partial charge in [0.25, 0.3) is 0 Å². The Labute approximate surface area is 182 Å². The van der Waals surface area contributed by atoms with Crippen LogP contribution in [0, 0.1) is 5.82 Å². The van der Waals surface area contributed by atoms with Gasteiger partial charge in [0, 0.05) is 19.6 Å². The molecule has 1 aromatic rings. The van der Waals surface area contributed by atoms with Crippen LogP contribution in [0.15, 0.2) is 40.5 Å². The molecule has 1 atom stereocenters. The molecule has 10 heteroatoms. The van der Waals surface area contributed by atoms with E-state index in [1.807, 2.05) is 6.92 Å². The molecule has 1 N–H and O–H groups in total. The summed E-state index contributed by atoms with van der Waals surface area (Å²) in [7, 11) is 0. The molecule has 1 aromatic carbocycles. The number of carboxylic acids is 1. The number of benzene rings is 1. The van der Waals surface area contributed by atoms with E-state index in [0.29, 0.717) is 48.7 Å². The Morgan fingerprint density at radius 3 is 2.52 bits per heavy atom. The van der Waals surface area contributed by atoms with Crippen LogP contribution in [0.4, 0.5) is 17.6 Å². The van der Waals surface area contributed by atoms with E-state index in [0.717, 1.165) is 12.1 Å². The molecule has 5 nitrogen and oxygen atoms in total. The molecule has 0 aromatic heterocycles. The van der Waals surface area contributed by atoms with Crippen molar-refractivity contribution in [1.29, 1.82) is 0 Å². The Kier molecular flexibility index (Phi) is 7.33. The minimum Gasteiger partial charge on any atom is -0.478 e. The molecular weight excluding hydrogens is 436 g/mol. The van der Waals surface area contributed by atoms with Crippen molar-refractivity contribution >= 4 is 17.7 Å². The lowest BCUT2D eigenvalue weighted by Crippen LogP contribution is -2.52. The molecule has 0 spiro atoms. The van der Waals surface area contributed by atoms with Crippen molar-refractivity contribution in [1.82, 2.24) is 9.80 Å². The summed E-state index contributed by atoms with van der Waals surface area (Å²) in [5.74, 6) is -1.52. The van der Waals surface area contributed by atoms with Gasteiger partial charge in [0.1, 0.15) is 12.0 Å². The summed E-state index contributed by atoms with van der Waals surface area (Å²) in [6.07, 6.45) is -3.25. The highest BCUT2D eigenvalue weighted by Crippen LogP contribution is 2.38. The highest BCUT2D eigenvalue weighted by atomic mass is 32.2. The molecule has 0 radical (unpaired) electrons. The summed E-state index contributed by atoms with van der Waals surface area (Å²) < 4.78 is 59.0. The fourth-order valence-electron chi connectivity index (χ4n) is 3.79. The summed E-state index contributed by atoms with van der Waals surface area (Å²) in [5, 5.41) is 10.3. The van der Waals surface area contributed by atoms with E-state index >= 15 is 0 Å². The largest absolute Gasteiger partial charge is 0.478 e. The number of hydrogen-bond acceptors (Lipinski definition) is 5. The Bertz CT molecular complexity index is 895. The fourth-order valence-corrected chi connectivity index (χ4v) is 4.80. The monoisotopic (exact) mass is 460 g/mol. The number of nitrogens with zero attached hydrogens (tertiary/aromatic N) is 2. The Hall–Kier alpha value is -2.04. The highest BCUT2D eigenvalue weighted by molar-refractivity contribution is 8.03. The van der Waals surface area contributed by atoms with Gasteiger partial charge in [0.15, 0.2) is 0 Å². The zero-order chi connectivity index (χ0) is 22.8. The molecule has 2 aliphatic rings. The summed E-state index contributed by atoms with van der Waals surface area (Å²) >= 11 is 1.31. The van der Waals surface area contributed by atoms with Gasteiger partial charge < -0.3 is 14.7 Å². The molecule has 2 heterocycles. The summed E-state index contributed by atoms with van der Waals surface area (Å²) in [5.41, 5.74) is -0.242. The lowest BCUT2D eigenvalue weighted by atomic mass is 10.0. The molecule has 3 rings (SSSR count). The Morgan fingerprint density at radius 2 is 1.94 bits per heavy atom. The van der Waals surface area contributed by atoms with Gasteiger partial charge in [-0.3, -0.25) is 4.90 Å². The molecular formula is C21H24F4N2O3S. The number of hydrogen-bond donors (Lipinski definition) is 1. The molecule has 0 amide bonds. The van der Waals surface area contributed by atoms with Crippen LogP contribution >= 0.6 is 11.8 Å². The van der Waals surface area contributed by atoms with Crippen molar-refractivity contribution in [2.45, 2.75) is 32.7 Å². The van der Waals surface area contributed by atoms with Gasteiger partial charge in [-0.1, -0.05) is 6.92 Å². The maximum Gasteiger partial charge on any atom is 0.416 e. The van der Waals surface area contributed by atoms with Crippen molar-refractivity contribution in [3.05, 3.63) is 57.4 Å². The minimum absolute atomic E-state index is 0.0637. The lowest BCUT2D eigenvalue weighted by Gasteiger charge is -2.44. The predicted molar refractivity (Wildman–Crippen MR) is 110 cm³/mol. The second kappa shape index (κ2) is 9.62. The fraction of sp³-hybridized carbons (Fsp3) is 0.476. The predicted octanol–water partition coefficient (Wildman–Crippen LogP) is 4.31. The van der Waals surface area contributed by atoms with E-state index in [9.17, 15) is 27.5 Å². The van der Waals surface area contributed by atoms with E-state index in [1.165, 1.54) is 11.8 Å². The van der Waals surface area contributed by atoms with Crippen LogP contribution in [0.2, 0.25) is 0 Å². The van der Waals surface area contributed by atoms with Crippen LogP contribution < -0.4 is 0 Å². The average molecular weight is 460 g/mol. The van der Waals surface area contributed by atoms with Crippen LogP contribution in [0.1, 0.15) is 25.0 Å². The number of alkyl halides is 3. The van der Waals surface area contributed by atoms with E-state index < -0.39 is 23.5 Å². The number of halogens is 4. The molecule has 2 aliphatic heterocycles. The maximum atomic E-state index is 14.0. The zero-order valence-corrected chi connectivity index (χ0v) is 18.0. The number of ether oxygens (including phenoxy) is 1. The standard InChI is InChI=1S/C21H24F4N2O3S/c1-3-31-19-18(20(28)29)13(2)8-17(26-4-6-30-7-5-26)27(19)12-14-9-15(21(23,24)25)11-16(22)10-14/h8-11,17H,3-7,12H2,1-2H3,(H,28,29). The zero-order valence-electron chi connectivity index (χ0n) is 17.2. The summed E-state index contributed by atoms with van der Waals surface area (Å²) in [4.78, 5) is 15.8. The molecule has 0 saturated carbocycles. The minimum atomic E-state index is -4.68. The Morgan fingerprint density at radius 1 is 1.26 bits per heavy atom. The number of carboxylic acid groups (broad SMARTS) is 1. The van der Waals surface area contributed by atoms with Crippen molar-refractivity contribution in [2.24, 2.45) is 0 Å². The normalized spacial score (nSPS) is 20.8. The Balaban J connectivity index is 2.07. The van der Waals surface area contributed by atoms with Crippen LogP contribution in [0.3, 0.4) is 0 Å². The number of morpholine rings is 1. The van der Waals surface area contributed by atoms with E-state index in [-0.39, 0.29) is 23.8 Å². The first-order valence-electron chi connectivity index (χ1n) is 9.86. The molecule has 170 valence electrons. The topological polar surface area (TPSA) is 53.0 Å². The lowest BCUT2D eigenvalue weighted by molar-refractivity contribution is -0.138. The number of aliphatic carboxylic acids is 1. The van der Waals surface area contributed by atoms with Crippen molar-refractivity contribution in [3.8, 4) is 0 Å². The molecule has 0 bridgehead atoms. The number of rotatable bonds is 6. The number of carbonyl (C=O) groups is 1. The molecule has 31 heavy (non-hydrogen) atoms. The van der Waals surface area contributed by atoms with Crippen LogP contribution in [-0.2, 0) is 22.3 Å². The van der Waals surface area contributed by atoms with Crippen molar-refractivity contribution in [3.63, 3.8) is 0 Å². The highest BCUT2D eigenvalue weighted by Gasteiger charge is 2.36. The van der Waals surface area contributed by atoms with Gasteiger partial charge in [-0.2, -0.15) is 13.2 Å². The summed E-state index contributed by atoms with van der Waals surface area (Å²) in [6.45, 7) is 5.71. The second-order valence-electron chi connectivity index (χ2n) is 7.30. The van der Waals surface area contributed by atoms with E-state index in [1.54, 1.807) is 17.9 Å². The third-order valence-electron chi connectivity index (χ3n) is 5.14. The third-order valence-corrected chi connectivity index (χ3v) is 6.14. The van der Waals surface area contributed by atoms with Gasteiger partial charge in [0.2, 0.25) is 0 Å². The van der Waals surface area contributed by atoms with E-state index in [2.05, 4.69) is 4.90 Å². The van der Waals surface area contributed by atoms with Gasteiger partial charge in [-0.25, -0.2) is 9.18 Å². The summed E-state index contributed by atoms with van der Waals surface area (Å²) in [6, 6.07) is 2.44. The SMILES string of the molecule is CCSC1=C(C(=O)O)C(C)=CC(N2CCOCC2)N1Cc1cc(F)cc(C(F)(F)F)c1. The van der Waals surface area contributed by atoms with Crippen molar-refractivity contribution in [2.75, 3.05) is 32.1 Å². The molecule has 1 saturated heterocycles. The smallest absolute Gasteiger partial charge is 0.416 e. The van der Waals surface area contributed by atoms with Crippen LogP contribution in [0.5, 0.6) is 0 Å². The van der Waals surface area contributed by atoms with E-state index in [4.69, 9.17) is 4.74 Å².